The van der Waals surface area contributed by atoms with Crippen LogP contribution in [-0.2, 0) is 14.3 Å². The number of amides is 1. The van der Waals surface area contributed by atoms with Crippen LogP contribution >= 0.6 is 11.3 Å². The number of likely N-dealkylation sites (tertiary alicyclic amines) is 1. The van der Waals surface area contributed by atoms with Crippen molar-refractivity contribution >= 4 is 40.7 Å². The van der Waals surface area contributed by atoms with Crippen molar-refractivity contribution in [2.24, 2.45) is 16.8 Å². The summed E-state index contributed by atoms with van der Waals surface area (Å²) in [6.07, 6.45) is 2.30. The molecule has 0 unspecified atom stereocenters. The Balaban J connectivity index is 1.31. The van der Waals surface area contributed by atoms with Crippen molar-refractivity contribution in [1.29, 1.82) is 0 Å². The van der Waals surface area contributed by atoms with Crippen molar-refractivity contribution in [3.8, 4) is 0 Å². The van der Waals surface area contributed by atoms with Crippen molar-refractivity contribution in [1.82, 2.24) is 15.2 Å². The Morgan fingerprint density at radius 1 is 1.20 bits per heavy atom. The molecule has 228 valence electrons. The Labute approximate surface area is 257 Å². The molecule has 1 aromatic heterocycles. The van der Waals surface area contributed by atoms with Crippen LogP contribution in [0.3, 0.4) is 0 Å². The number of anilines is 1. The number of esters is 1. The molecular formula is C32H32FN5O5S. The molecule has 3 aromatic rings. The molecule has 44 heavy (non-hydrogen) atoms. The molecule has 2 saturated heterocycles. The highest BCUT2D eigenvalue weighted by Crippen LogP contribution is 2.38. The second-order valence-corrected chi connectivity index (χ2v) is 12.0. The van der Waals surface area contributed by atoms with E-state index in [0.717, 1.165) is 0 Å². The first-order valence-corrected chi connectivity index (χ1v) is 15.4. The van der Waals surface area contributed by atoms with Gasteiger partial charge in [0.15, 0.2) is 10.8 Å². The lowest BCUT2D eigenvalue weighted by Gasteiger charge is -2.36. The van der Waals surface area contributed by atoms with Gasteiger partial charge in [0.2, 0.25) is 5.91 Å². The number of carboxylic acids is 1. The maximum Gasteiger partial charge on any atom is 0.338 e. The number of amidine groups is 1. The summed E-state index contributed by atoms with van der Waals surface area (Å²) in [6, 6.07) is 10.4. The number of benzene rings is 2. The minimum Gasteiger partial charge on any atom is -0.478 e. The number of aliphatic imine (C=N–C) groups is 1. The Hall–Kier alpha value is -4.42. The third-order valence-electron chi connectivity index (χ3n) is 8.47. The Bertz CT molecular complexity index is 1670. The predicted octanol–water partition coefficient (Wildman–Crippen LogP) is 4.18. The number of fused-ring (bicyclic) bond motifs is 1. The number of hydrogen-bond donors (Lipinski definition) is 2. The molecule has 0 spiro atoms. The molecule has 0 saturated carbocycles. The van der Waals surface area contributed by atoms with Gasteiger partial charge in [0.1, 0.15) is 11.9 Å². The van der Waals surface area contributed by atoms with Crippen molar-refractivity contribution in [3.63, 3.8) is 0 Å². The molecule has 10 nitrogen and oxygen atoms in total. The van der Waals surface area contributed by atoms with E-state index in [-0.39, 0.29) is 35.7 Å². The summed E-state index contributed by atoms with van der Waals surface area (Å²) in [6.45, 7) is 5.62. The molecule has 3 aliphatic rings. The first kappa shape index (κ1) is 29.6. The standard InChI is InChI=1S/C32H32FN5O5S/c1-3-43-32(42)26-25(35-28(29-34-11-13-44-29)36-27(26)22-8-5-9-24(33)18(22)2)17-37-12-10-23-20(15-37)16-38(30(23)39)21-7-4-6-19(14-21)31(40)41/h4-9,11,13-14,20,23,27H,3,10,12,15-17H2,1-2H3,(H,35,36)(H,40,41)/t20-,23-,27-/m0/s1. The van der Waals surface area contributed by atoms with Crippen molar-refractivity contribution in [2.45, 2.75) is 26.3 Å². The summed E-state index contributed by atoms with van der Waals surface area (Å²) in [7, 11) is 0. The molecule has 2 fully saturated rings. The zero-order chi connectivity index (χ0) is 31.0. The summed E-state index contributed by atoms with van der Waals surface area (Å²) in [5.41, 5.74) is 2.60. The summed E-state index contributed by atoms with van der Waals surface area (Å²) in [5, 5.41) is 15.3. The van der Waals surface area contributed by atoms with Crippen LogP contribution in [0.15, 0.2) is 70.3 Å². The molecule has 3 aliphatic heterocycles. The zero-order valence-electron chi connectivity index (χ0n) is 24.3. The van der Waals surface area contributed by atoms with E-state index in [0.29, 0.717) is 71.5 Å². The fraction of sp³-hybridized carbons (Fsp3) is 0.344. The van der Waals surface area contributed by atoms with Gasteiger partial charge in [0.25, 0.3) is 0 Å². The van der Waals surface area contributed by atoms with Crippen LogP contribution in [-0.4, -0.2) is 71.5 Å². The van der Waals surface area contributed by atoms with Crippen LogP contribution < -0.4 is 10.2 Å². The molecule has 1 amide bonds. The van der Waals surface area contributed by atoms with Gasteiger partial charge < -0.3 is 20.1 Å². The maximum atomic E-state index is 14.7. The quantitative estimate of drug-likeness (QED) is 0.361. The molecule has 0 radical (unpaired) electrons. The van der Waals surface area contributed by atoms with Gasteiger partial charge in [-0.3, -0.25) is 14.7 Å². The lowest BCUT2D eigenvalue weighted by Crippen LogP contribution is -2.45. The Morgan fingerprint density at radius 2 is 2.02 bits per heavy atom. The number of ether oxygens (including phenoxy) is 1. The zero-order valence-corrected chi connectivity index (χ0v) is 25.1. The Morgan fingerprint density at radius 3 is 2.77 bits per heavy atom. The number of halogens is 1. The third kappa shape index (κ3) is 5.62. The minimum atomic E-state index is -1.04. The van der Waals surface area contributed by atoms with Gasteiger partial charge in [0, 0.05) is 54.4 Å². The topological polar surface area (TPSA) is 124 Å². The second kappa shape index (κ2) is 12.3. The average Bonchev–Trinajstić information content (AvgIpc) is 3.67. The molecule has 12 heteroatoms. The van der Waals surface area contributed by atoms with E-state index < -0.39 is 18.0 Å². The molecule has 6 rings (SSSR count). The number of hydrogen-bond acceptors (Lipinski definition) is 9. The number of carbonyl (C=O) groups excluding carboxylic acids is 2. The van der Waals surface area contributed by atoms with E-state index >= 15 is 0 Å². The van der Waals surface area contributed by atoms with E-state index in [1.165, 1.54) is 29.5 Å². The van der Waals surface area contributed by atoms with E-state index in [9.17, 15) is 23.9 Å². The molecule has 3 atom stereocenters. The molecule has 2 N–H and O–H groups in total. The van der Waals surface area contributed by atoms with Gasteiger partial charge >= 0.3 is 11.9 Å². The number of aromatic carboxylic acids is 1. The number of nitrogens with one attached hydrogen (secondary N) is 1. The highest BCUT2D eigenvalue weighted by atomic mass is 32.1. The van der Waals surface area contributed by atoms with Crippen LogP contribution in [0, 0.1) is 24.6 Å². The third-order valence-corrected chi connectivity index (χ3v) is 9.25. The van der Waals surface area contributed by atoms with Gasteiger partial charge in [0.05, 0.1) is 17.7 Å². The minimum absolute atomic E-state index is 0.000703. The predicted molar refractivity (Wildman–Crippen MR) is 163 cm³/mol. The number of aromatic nitrogens is 1. The highest BCUT2D eigenvalue weighted by molar-refractivity contribution is 7.11. The first-order valence-electron chi connectivity index (χ1n) is 14.5. The molecule has 0 aliphatic carbocycles. The van der Waals surface area contributed by atoms with E-state index in [4.69, 9.17) is 9.73 Å². The molecule has 4 heterocycles. The molecule has 0 bridgehead atoms. The smallest absolute Gasteiger partial charge is 0.338 e. The summed E-state index contributed by atoms with van der Waals surface area (Å²) >= 11 is 1.41. The monoisotopic (exact) mass is 617 g/mol. The van der Waals surface area contributed by atoms with Crippen LogP contribution in [0.4, 0.5) is 10.1 Å². The van der Waals surface area contributed by atoms with Gasteiger partial charge in [-0.25, -0.2) is 19.0 Å². The number of carbonyl (C=O) groups is 3. The maximum absolute atomic E-state index is 14.7. The number of carboxylic acid groups (broad SMARTS) is 1. The average molecular weight is 618 g/mol. The van der Waals surface area contributed by atoms with Crippen LogP contribution in [0.1, 0.15) is 45.9 Å². The SMILES string of the molecule is CCOC(=O)C1=C(CN2CC[C@@H]3C(=O)N(c4cccc(C(=O)O)c4)C[C@@H]3C2)NC(c2nccs2)=N[C@H]1c1cccc(F)c1C. The van der Waals surface area contributed by atoms with Gasteiger partial charge in [-0.05, 0) is 62.2 Å². The van der Waals surface area contributed by atoms with E-state index in [2.05, 4.69) is 15.2 Å². The van der Waals surface area contributed by atoms with Gasteiger partial charge in [-0.2, -0.15) is 0 Å². The number of nitrogens with zero attached hydrogens (tertiary/aromatic N) is 4. The summed E-state index contributed by atoms with van der Waals surface area (Å²) in [4.78, 5) is 51.6. The Kier molecular flexibility index (Phi) is 8.28. The largest absolute Gasteiger partial charge is 0.478 e. The summed E-state index contributed by atoms with van der Waals surface area (Å²) in [5.74, 6) is -1.61. The van der Waals surface area contributed by atoms with Gasteiger partial charge in [-0.1, -0.05) is 18.2 Å². The van der Waals surface area contributed by atoms with Crippen molar-refractivity contribution in [3.05, 3.63) is 92.8 Å². The lowest BCUT2D eigenvalue weighted by atomic mass is 9.87. The van der Waals surface area contributed by atoms with Crippen molar-refractivity contribution < 1.29 is 28.6 Å². The van der Waals surface area contributed by atoms with E-state index in [1.807, 2.05) is 5.38 Å². The number of thiazole rings is 1. The lowest BCUT2D eigenvalue weighted by molar-refractivity contribution is -0.139. The number of rotatable bonds is 8. The highest BCUT2D eigenvalue weighted by Gasteiger charge is 2.44. The number of piperidine rings is 1. The second-order valence-electron chi connectivity index (χ2n) is 11.1. The molecule has 2 aromatic carbocycles. The van der Waals surface area contributed by atoms with Crippen molar-refractivity contribution in [2.75, 3.05) is 37.7 Å². The van der Waals surface area contributed by atoms with E-state index in [1.54, 1.807) is 49.2 Å². The normalized spacial score (nSPS) is 22.0. The fourth-order valence-corrected chi connectivity index (χ4v) is 6.90. The van der Waals surface area contributed by atoms with Crippen LogP contribution in [0.2, 0.25) is 0 Å². The fourth-order valence-electron chi connectivity index (χ4n) is 6.31. The molecular weight excluding hydrogens is 585 g/mol. The summed E-state index contributed by atoms with van der Waals surface area (Å²) < 4.78 is 20.2. The van der Waals surface area contributed by atoms with Crippen LogP contribution in [0.25, 0.3) is 0 Å². The first-order chi connectivity index (χ1) is 21.2. The van der Waals surface area contributed by atoms with Gasteiger partial charge in [-0.15, -0.1) is 11.3 Å². The van der Waals surface area contributed by atoms with Crippen LogP contribution in [0.5, 0.6) is 0 Å².